The molecule has 5 aliphatic carbocycles. The Morgan fingerprint density at radius 2 is 1.63 bits per heavy atom. The zero-order chi connectivity index (χ0) is 27.8. The Morgan fingerprint density at radius 1 is 0.878 bits per heavy atom. The summed E-state index contributed by atoms with van der Waals surface area (Å²) >= 11 is 0. The molecule has 7 atom stereocenters. The number of aliphatic hydroxyl groups excluding tert-OH is 1. The smallest absolute Gasteiger partial charge is 0.0577 e. The maximum absolute atomic E-state index is 10.4. The molecule has 9 rings (SSSR count). The lowest BCUT2D eigenvalue weighted by Crippen LogP contribution is -2.50. The summed E-state index contributed by atoms with van der Waals surface area (Å²) in [6, 6.07) is 20.7. The van der Waals surface area contributed by atoms with Crippen molar-refractivity contribution >= 4 is 32.3 Å². The minimum absolute atomic E-state index is 0.113. The molecule has 0 aliphatic heterocycles. The zero-order valence-electron chi connectivity index (χ0n) is 24.9. The van der Waals surface area contributed by atoms with E-state index in [0.29, 0.717) is 27.6 Å². The molecular formula is C40H44O. The highest BCUT2D eigenvalue weighted by Gasteiger charge is 2.82. The van der Waals surface area contributed by atoms with Gasteiger partial charge in [0.05, 0.1) is 6.10 Å². The lowest BCUT2D eigenvalue weighted by atomic mass is 9.47. The van der Waals surface area contributed by atoms with Gasteiger partial charge in [0.15, 0.2) is 0 Å². The molecule has 4 fully saturated rings. The van der Waals surface area contributed by atoms with E-state index in [0.717, 1.165) is 31.6 Å². The first-order chi connectivity index (χ1) is 19.8. The van der Waals surface area contributed by atoms with Crippen LogP contribution in [0.5, 0.6) is 0 Å². The van der Waals surface area contributed by atoms with Crippen LogP contribution in [0.4, 0.5) is 0 Å². The first-order valence-corrected chi connectivity index (χ1v) is 16.5. The Kier molecular flexibility index (Phi) is 4.89. The molecule has 0 bridgehead atoms. The van der Waals surface area contributed by atoms with E-state index in [1.165, 1.54) is 88.4 Å². The van der Waals surface area contributed by atoms with Gasteiger partial charge < -0.3 is 5.11 Å². The molecule has 5 aliphatic rings. The highest BCUT2D eigenvalue weighted by Crippen LogP contribution is 2.90. The number of hydrogen-bond donors (Lipinski definition) is 1. The predicted octanol–water partition coefficient (Wildman–Crippen LogP) is 10.2. The number of fused-ring (bicyclic) bond motifs is 2. The lowest BCUT2D eigenvalue weighted by molar-refractivity contribution is -0.0458. The lowest BCUT2D eigenvalue weighted by Gasteiger charge is -2.57. The number of aliphatic hydroxyl groups is 1. The molecule has 2 spiro atoms. The van der Waals surface area contributed by atoms with E-state index in [9.17, 15) is 5.11 Å². The summed E-state index contributed by atoms with van der Waals surface area (Å²) in [7, 11) is 0. The minimum Gasteiger partial charge on any atom is -0.393 e. The third kappa shape index (κ3) is 2.97. The Morgan fingerprint density at radius 3 is 2.46 bits per heavy atom. The van der Waals surface area contributed by atoms with Gasteiger partial charge in [0.2, 0.25) is 0 Å². The van der Waals surface area contributed by atoms with Crippen molar-refractivity contribution in [1.82, 2.24) is 0 Å². The van der Waals surface area contributed by atoms with Gasteiger partial charge in [-0.2, -0.15) is 0 Å². The fraction of sp³-hybridized carbons (Fsp3) is 0.500. The van der Waals surface area contributed by atoms with Crippen molar-refractivity contribution in [2.24, 2.45) is 33.5 Å². The summed E-state index contributed by atoms with van der Waals surface area (Å²) < 4.78 is 0. The monoisotopic (exact) mass is 540 g/mol. The maximum Gasteiger partial charge on any atom is 0.0577 e. The van der Waals surface area contributed by atoms with Gasteiger partial charge >= 0.3 is 0 Å². The van der Waals surface area contributed by atoms with Crippen molar-refractivity contribution in [2.45, 2.75) is 90.6 Å². The fourth-order valence-corrected chi connectivity index (χ4v) is 12.2. The van der Waals surface area contributed by atoms with Crippen molar-refractivity contribution in [1.29, 1.82) is 0 Å². The van der Waals surface area contributed by atoms with E-state index in [-0.39, 0.29) is 6.10 Å². The summed E-state index contributed by atoms with van der Waals surface area (Å²) in [5, 5.41) is 18.8. The van der Waals surface area contributed by atoms with Crippen LogP contribution in [-0.4, -0.2) is 11.2 Å². The molecule has 4 saturated carbocycles. The van der Waals surface area contributed by atoms with Crippen LogP contribution < -0.4 is 0 Å². The molecule has 0 radical (unpaired) electrons. The molecule has 41 heavy (non-hydrogen) atoms. The number of hydrogen-bond acceptors (Lipinski definition) is 1. The van der Waals surface area contributed by atoms with Crippen LogP contribution in [0.25, 0.3) is 32.3 Å². The van der Waals surface area contributed by atoms with Gasteiger partial charge in [0, 0.05) is 0 Å². The van der Waals surface area contributed by atoms with Gasteiger partial charge in [-0.3, -0.25) is 0 Å². The van der Waals surface area contributed by atoms with E-state index in [1.54, 1.807) is 5.57 Å². The van der Waals surface area contributed by atoms with E-state index >= 15 is 0 Å². The van der Waals surface area contributed by atoms with Gasteiger partial charge in [-0.1, -0.05) is 92.2 Å². The third-order valence-corrected chi connectivity index (χ3v) is 14.3. The van der Waals surface area contributed by atoms with Crippen LogP contribution in [0.2, 0.25) is 0 Å². The van der Waals surface area contributed by atoms with Gasteiger partial charge in [0.1, 0.15) is 0 Å². The maximum atomic E-state index is 10.4. The van der Waals surface area contributed by atoms with E-state index < -0.39 is 0 Å². The van der Waals surface area contributed by atoms with Crippen molar-refractivity contribution in [3.63, 3.8) is 0 Å². The van der Waals surface area contributed by atoms with Gasteiger partial charge in [-0.15, -0.1) is 0 Å². The van der Waals surface area contributed by atoms with Crippen LogP contribution in [0, 0.1) is 33.5 Å². The van der Waals surface area contributed by atoms with Crippen molar-refractivity contribution in [2.75, 3.05) is 0 Å². The fourth-order valence-electron chi connectivity index (χ4n) is 12.2. The molecule has 1 N–H and O–H groups in total. The quantitative estimate of drug-likeness (QED) is 0.202. The minimum atomic E-state index is -0.113. The second kappa shape index (κ2) is 8.04. The molecule has 4 aromatic carbocycles. The normalized spacial score (nSPS) is 39.3. The van der Waals surface area contributed by atoms with E-state index in [2.05, 4.69) is 74.5 Å². The van der Waals surface area contributed by atoms with Crippen LogP contribution in [0.1, 0.15) is 83.6 Å². The molecule has 210 valence electrons. The molecule has 1 nitrogen and oxygen atoms in total. The highest BCUT2D eigenvalue weighted by molar-refractivity contribution is 6.23. The zero-order valence-corrected chi connectivity index (χ0v) is 24.9. The second-order valence-corrected chi connectivity index (χ2v) is 15.5. The largest absolute Gasteiger partial charge is 0.393 e. The predicted molar refractivity (Wildman–Crippen MR) is 171 cm³/mol. The van der Waals surface area contributed by atoms with Gasteiger partial charge in [0.25, 0.3) is 0 Å². The Bertz CT molecular complexity index is 1760. The molecular weight excluding hydrogens is 496 g/mol. The molecule has 0 amide bonds. The van der Waals surface area contributed by atoms with Crippen molar-refractivity contribution in [3.05, 3.63) is 84.0 Å². The Labute approximate surface area is 245 Å². The third-order valence-electron chi connectivity index (χ3n) is 14.3. The van der Waals surface area contributed by atoms with Crippen molar-refractivity contribution < 1.29 is 5.11 Å². The van der Waals surface area contributed by atoms with Crippen LogP contribution in [0.3, 0.4) is 0 Å². The van der Waals surface area contributed by atoms with Crippen LogP contribution in [0.15, 0.2) is 78.4 Å². The summed E-state index contributed by atoms with van der Waals surface area (Å²) in [5.74, 6) is 1.48. The molecule has 0 saturated heterocycles. The topological polar surface area (TPSA) is 20.2 Å². The summed E-state index contributed by atoms with van der Waals surface area (Å²) in [6.45, 7) is 10.1. The van der Waals surface area contributed by atoms with Crippen molar-refractivity contribution in [3.8, 4) is 0 Å². The number of allylic oxidation sites excluding steroid dienone is 2. The standard InChI is InChI=1S/C40H44O/c1-25(7-8-26-9-10-29-12-11-27-5-4-6-28-13-14-32(26)36(29)35(27)28)33-17-22-40-24-39(40)21-15-30-23-31(41)16-19-37(30,2)34(39)18-20-38(33,40)3/h4-6,9-15,31,33-34,41H,1,7-8,16-24H2,2-3H3. The molecule has 0 aromatic heterocycles. The van der Waals surface area contributed by atoms with Gasteiger partial charge in [-0.05, 0) is 142 Å². The molecule has 7 unspecified atom stereocenters. The van der Waals surface area contributed by atoms with E-state index in [4.69, 9.17) is 6.58 Å². The Hall–Kier alpha value is -2.64. The number of aryl methyl sites for hydroxylation is 1. The average molecular weight is 541 g/mol. The first-order valence-electron chi connectivity index (χ1n) is 16.5. The summed E-state index contributed by atoms with van der Waals surface area (Å²) in [5.41, 5.74) is 6.37. The number of benzene rings is 4. The number of rotatable bonds is 4. The molecule has 4 aromatic rings. The first kappa shape index (κ1) is 24.9. The highest BCUT2D eigenvalue weighted by atomic mass is 16.3. The summed E-state index contributed by atoms with van der Waals surface area (Å²) in [6.07, 6.45) is 16.0. The van der Waals surface area contributed by atoms with Crippen LogP contribution >= 0.6 is 0 Å². The SMILES string of the molecule is C=C(CCc1ccc2ccc3cccc4ccc1c2c34)C1CCC23CC24CC=C2CC(O)CCC2(C)C4CCC13C. The molecule has 1 heteroatoms. The summed E-state index contributed by atoms with van der Waals surface area (Å²) in [4.78, 5) is 0. The van der Waals surface area contributed by atoms with Crippen LogP contribution in [-0.2, 0) is 6.42 Å². The Balaban J connectivity index is 0.998. The average Bonchev–Trinajstić information content (AvgIpc) is 3.55. The molecule has 0 heterocycles. The van der Waals surface area contributed by atoms with Gasteiger partial charge in [-0.25, -0.2) is 0 Å². The second-order valence-electron chi connectivity index (χ2n) is 15.5. The van der Waals surface area contributed by atoms with E-state index in [1.807, 2.05) is 0 Å².